The van der Waals surface area contributed by atoms with E-state index >= 15 is 0 Å². The van der Waals surface area contributed by atoms with Crippen LogP contribution in [0.15, 0.2) is 12.2 Å². The summed E-state index contributed by atoms with van der Waals surface area (Å²) < 4.78 is 0. The summed E-state index contributed by atoms with van der Waals surface area (Å²) in [7, 11) is 0. The summed E-state index contributed by atoms with van der Waals surface area (Å²) >= 11 is 0. The van der Waals surface area contributed by atoms with Gasteiger partial charge in [0.1, 0.15) is 0 Å². The van der Waals surface area contributed by atoms with Crippen LogP contribution in [0.5, 0.6) is 0 Å². The lowest BCUT2D eigenvalue weighted by Crippen LogP contribution is -1.99. The first-order chi connectivity index (χ1) is 3.93. The van der Waals surface area contributed by atoms with E-state index in [4.69, 9.17) is 0 Å². The molecule has 0 nitrogen and oxygen atoms in total. The molecule has 0 saturated carbocycles. The largest absolute Gasteiger partial charge is 0.0885 e. The van der Waals surface area contributed by atoms with E-state index in [0.29, 0.717) is 0 Å². The van der Waals surface area contributed by atoms with E-state index in [1.807, 2.05) is 0 Å². The minimum Gasteiger partial charge on any atom is -0.0885 e. The molecule has 1 aliphatic rings. The average Bonchev–Trinajstić information content (AvgIpc) is 1.90. The van der Waals surface area contributed by atoms with E-state index < -0.39 is 0 Å². The SMILES string of the molecule is CC[C@@H]1CC=CCC1. The topological polar surface area (TPSA) is 0 Å². The van der Waals surface area contributed by atoms with Crippen LogP contribution in [0.25, 0.3) is 0 Å². The zero-order valence-electron chi connectivity index (χ0n) is 5.56. The van der Waals surface area contributed by atoms with Gasteiger partial charge in [0, 0.05) is 0 Å². The number of rotatable bonds is 1. The number of hydrogen-bond donors (Lipinski definition) is 0. The molecule has 1 atom stereocenters. The predicted octanol–water partition coefficient (Wildman–Crippen LogP) is 2.75. The first kappa shape index (κ1) is 5.87. The van der Waals surface area contributed by atoms with Crippen LogP contribution in [0.4, 0.5) is 0 Å². The highest BCUT2D eigenvalue weighted by Gasteiger charge is 2.04. The van der Waals surface area contributed by atoms with Crippen molar-refractivity contribution in [3.63, 3.8) is 0 Å². The summed E-state index contributed by atoms with van der Waals surface area (Å²) in [6.45, 7) is 2.28. The Balaban J connectivity index is 2.27. The van der Waals surface area contributed by atoms with Crippen molar-refractivity contribution in [1.82, 2.24) is 0 Å². The fourth-order valence-electron chi connectivity index (χ4n) is 1.23. The van der Waals surface area contributed by atoms with Crippen molar-refractivity contribution in [3.8, 4) is 0 Å². The molecule has 0 heteroatoms. The molecule has 46 valence electrons. The van der Waals surface area contributed by atoms with Gasteiger partial charge in [0.25, 0.3) is 0 Å². The van der Waals surface area contributed by atoms with Gasteiger partial charge in [0.05, 0.1) is 0 Å². The van der Waals surface area contributed by atoms with E-state index in [1.165, 1.54) is 25.7 Å². The van der Waals surface area contributed by atoms with E-state index in [1.54, 1.807) is 0 Å². The van der Waals surface area contributed by atoms with Gasteiger partial charge in [-0.3, -0.25) is 0 Å². The van der Waals surface area contributed by atoms with Crippen molar-refractivity contribution in [3.05, 3.63) is 12.2 Å². The van der Waals surface area contributed by atoms with Crippen LogP contribution >= 0.6 is 0 Å². The summed E-state index contributed by atoms with van der Waals surface area (Å²) in [5, 5.41) is 0. The molecule has 0 spiro atoms. The Hall–Kier alpha value is -0.260. The molecule has 0 bridgehead atoms. The highest BCUT2D eigenvalue weighted by molar-refractivity contribution is 4.89. The van der Waals surface area contributed by atoms with Crippen molar-refractivity contribution in [2.75, 3.05) is 0 Å². The van der Waals surface area contributed by atoms with E-state index in [0.717, 1.165) is 5.92 Å². The molecule has 0 fully saturated rings. The molecule has 0 heterocycles. The molecule has 1 rings (SSSR count). The summed E-state index contributed by atoms with van der Waals surface area (Å²) in [4.78, 5) is 0. The smallest absolute Gasteiger partial charge is 0.0322 e. The molecule has 0 aliphatic heterocycles. The predicted molar refractivity (Wildman–Crippen MR) is 36.8 cm³/mol. The standard InChI is InChI=1S/C8H14/c1-2-8-6-4-3-5-7-8/h3-4,8H,2,5-7H2,1H3/t8-/m1/s1. The van der Waals surface area contributed by atoms with Crippen molar-refractivity contribution in [1.29, 1.82) is 0 Å². The van der Waals surface area contributed by atoms with Crippen LogP contribution in [0.2, 0.25) is 0 Å². The Labute approximate surface area is 51.6 Å². The van der Waals surface area contributed by atoms with Crippen LogP contribution in [0.3, 0.4) is 0 Å². The lowest BCUT2D eigenvalue weighted by molar-refractivity contribution is 0.465. The second-order valence-electron chi connectivity index (χ2n) is 2.56. The molecule has 0 aromatic rings. The maximum atomic E-state index is 2.32. The minimum absolute atomic E-state index is 1.000. The zero-order valence-corrected chi connectivity index (χ0v) is 5.56. The summed E-state index contributed by atoms with van der Waals surface area (Å²) in [5.41, 5.74) is 0. The highest BCUT2D eigenvalue weighted by atomic mass is 14.1. The second-order valence-corrected chi connectivity index (χ2v) is 2.56. The van der Waals surface area contributed by atoms with E-state index in [9.17, 15) is 0 Å². The van der Waals surface area contributed by atoms with Gasteiger partial charge < -0.3 is 0 Å². The molecule has 0 amide bonds. The first-order valence-electron chi connectivity index (χ1n) is 3.58. The fraction of sp³-hybridized carbons (Fsp3) is 0.750. The zero-order chi connectivity index (χ0) is 5.82. The average molecular weight is 110 g/mol. The Kier molecular flexibility index (Phi) is 2.13. The van der Waals surface area contributed by atoms with Crippen LogP contribution in [-0.4, -0.2) is 0 Å². The molecular weight excluding hydrogens is 96.1 g/mol. The second kappa shape index (κ2) is 2.91. The molecule has 0 radical (unpaired) electrons. The quantitative estimate of drug-likeness (QED) is 0.455. The Morgan fingerprint density at radius 3 is 2.75 bits per heavy atom. The van der Waals surface area contributed by atoms with Gasteiger partial charge in [-0.1, -0.05) is 25.5 Å². The molecule has 0 N–H and O–H groups in total. The van der Waals surface area contributed by atoms with Gasteiger partial charge in [0.2, 0.25) is 0 Å². The molecule has 8 heavy (non-hydrogen) atoms. The van der Waals surface area contributed by atoms with E-state index in [2.05, 4.69) is 19.1 Å². The number of allylic oxidation sites excluding steroid dienone is 2. The lowest BCUT2D eigenvalue weighted by atomic mass is 9.92. The normalized spacial score (nSPS) is 28.4. The molecule has 1 aliphatic carbocycles. The highest BCUT2D eigenvalue weighted by Crippen LogP contribution is 2.20. The summed E-state index contributed by atoms with van der Waals surface area (Å²) in [6, 6.07) is 0. The van der Waals surface area contributed by atoms with Gasteiger partial charge in [0.15, 0.2) is 0 Å². The van der Waals surface area contributed by atoms with Crippen LogP contribution in [0, 0.1) is 5.92 Å². The van der Waals surface area contributed by atoms with Gasteiger partial charge >= 0.3 is 0 Å². The van der Waals surface area contributed by atoms with Crippen LogP contribution in [-0.2, 0) is 0 Å². The van der Waals surface area contributed by atoms with Crippen molar-refractivity contribution >= 4 is 0 Å². The molecular formula is C8H14. The third kappa shape index (κ3) is 1.36. The minimum atomic E-state index is 1.000. The third-order valence-electron chi connectivity index (χ3n) is 1.96. The summed E-state index contributed by atoms with van der Waals surface area (Å²) in [6.07, 6.45) is 10.1. The Morgan fingerprint density at radius 2 is 2.38 bits per heavy atom. The fourth-order valence-corrected chi connectivity index (χ4v) is 1.23. The molecule has 0 unspecified atom stereocenters. The van der Waals surface area contributed by atoms with Crippen molar-refractivity contribution < 1.29 is 0 Å². The maximum Gasteiger partial charge on any atom is -0.0322 e. The van der Waals surface area contributed by atoms with Crippen molar-refractivity contribution in [2.24, 2.45) is 5.92 Å². The molecule has 0 aromatic carbocycles. The first-order valence-corrected chi connectivity index (χ1v) is 3.58. The van der Waals surface area contributed by atoms with Crippen LogP contribution in [0.1, 0.15) is 32.6 Å². The maximum absolute atomic E-state index is 2.32. The third-order valence-corrected chi connectivity index (χ3v) is 1.96. The lowest BCUT2D eigenvalue weighted by Gasteiger charge is -2.13. The molecule has 0 aromatic heterocycles. The van der Waals surface area contributed by atoms with E-state index in [-0.39, 0.29) is 0 Å². The Morgan fingerprint density at radius 1 is 1.50 bits per heavy atom. The Bertz CT molecular complexity index is 82.0. The van der Waals surface area contributed by atoms with Gasteiger partial charge in [-0.25, -0.2) is 0 Å². The summed E-state index contributed by atoms with van der Waals surface area (Å²) in [5.74, 6) is 1.000. The van der Waals surface area contributed by atoms with Gasteiger partial charge in [-0.15, -0.1) is 0 Å². The van der Waals surface area contributed by atoms with Crippen molar-refractivity contribution in [2.45, 2.75) is 32.6 Å². The van der Waals surface area contributed by atoms with Gasteiger partial charge in [-0.05, 0) is 25.2 Å². The molecule has 0 saturated heterocycles. The monoisotopic (exact) mass is 110 g/mol. The van der Waals surface area contributed by atoms with Gasteiger partial charge in [-0.2, -0.15) is 0 Å². The van der Waals surface area contributed by atoms with Crippen LogP contribution < -0.4 is 0 Å². The number of hydrogen-bond acceptors (Lipinski definition) is 0.